The highest BCUT2D eigenvalue weighted by molar-refractivity contribution is 5.93. The highest BCUT2D eigenvalue weighted by Crippen LogP contribution is 2.07. The van der Waals surface area contributed by atoms with E-state index in [0.29, 0.717) is 5.56 Å². The SMILES string of the molecule is NC(=O)C[CH]c1ccc(=O)[nH]c1C(N)=O. The van der Waals surface area contributed by atoms with Crippen molar-refractivity contribution in [2.45, 2.75) is 6.42 Å². The zero-order valence-corrected chi connectivity index (χ0v) is 7.82. The molecule has 1 aromatic heterocycles. The van der Waals surface area contributed by atoms with Crippen molar-refractivity contribution in [2.75, 3.05) is 0 Å². The van der Waals surface area contributed by atoms with Crippen LogP contribution in [0.4, 0.5) is 0 Å². The molecule has 79 valence electrons. The largest absolute Gasteiger partial charge is 0.370 e. The Labute approximate surface area is 85.3 Å². The molecule has 0 aliphatic rings. The maximum absolute atomic E-state index is 10.9. The lowest BCUT2D eigenvalue weighted by atomic mass is 10.1. The number of nitrogens with one attached hydrogen (secondary N) is 1. The van der Waals surface area contributed by atoms with Crippen LogP contribution in [0.1, 0.15) is 22.5 Å². The summed E-state index contributed by atoms with van der Waals surface area (Å²) in [7, 11) is 0. The molecule has 1 rings (SSSR count). The molecule has 1 radical (unpaired) electrons. The Bertz CT molecular complexity index is 450. The highest BCUT2D eigenvalue weighted by Gasteiger charge is 2.09. The van der Waals surface area contributed by atoms with E-state index >= 15 is 0 Å². The minimum absolute atomic E-state index is 0.0215. The van der Waals surface area contributed by atoms with E-state index in [9.17, 15) is 14.4 Å². The first kappa shape index (κ1) is 11.0. The van der Waals surface area contributed by atoms with Gasteiger partial charge in [-0.05, 0) is 5.56 Å². The molecule has 0 saturated heterocycles. The first-order valence-corrected chi connectivity index (χ1v) is 4.15. The van der Waals surface area contributed by atoms with Crippen LogP contribution in [0, 0.1) is 6.42 Å². The van der Waals surface area contributed by atoms with Gasteiger partial charge in [-0.15, -0.1) is 0 Å². The van der Waals surface area contributed by atoms with Crippen LogP contribution in [0.2, 0.25) is 0 Å². The van der Waals surface area contributed by atoms with Gasteiger partial charge in [0.05, 0.1) is 0 Å². The van der Waals surface area contributed by atoms with E-state index in [4.69, 9.17) is 11.5 Å². The van der Waals surface area contributed by atoms with Crippen molar-refractivity contribution < 1.29 is 9.59 Å². The number of aromatic amines is 1. The summed E-state index contributed by atoms with van der Waals surface area (Å²) in [6.07, 6.45) is 1.41. The van der Waals surface area contributed by atoms with Crippen molar-refractivity contribution in [1.82, 2.24) is 4.98 Å². The van der Waals surface area contributed by atoms with Crippen LogP contribution >= 0.6 is 0 Å². The Morgan fingerprint density at radius 1 is 1.33 bits per heavy atom. The van der Waals surface area contributed by atoms with E-state index in [-0.39, 0.29) is 12.1 Å². The van der Waals surface area contributed by atoms with Crippen molar-refractivity contribution in [2.24, 2.45) is 11.5 Å². The Morgan fingerprint density at radius 3 is 2.53 bits per heavy atom. The molecular formula is C9H10N3O3. The van der Waals surface area contributed by atoms with E-state index in [1.54, 1.807) is 0 Å². The quantitative estimate of drug-likeness (QED) is 0.582. The number of carbonyl (C=O) groups excluding carboxylic acids is 2. The number of carbonyl (C=O) groups is 2. The zero-order chi connectivity index (χ0) is 11.4. The van der Waals surface area contributed by atoms with Crippen LogP contribution in [0.15, 0.2) is 16.9 Å². The molecule has 5 N–H and O–H groups in total. The van der Waals surface area contributed by atoms with Crippen LogP contribution in [-0.2, 0) is 4.79 Å². The summed E-state index contributed by atoms with van der Waals surface area (Å²) in [5.41, 5.74) is 9.92. The Morgan fingerprint density at radius 2 is 2.00 bits per heavy atom. The van der Waals surface area contributed by atoms with Gasteiger partial charge in [0, 0.05) is 18.9 Å². The molecule has 0 fully saturated rings. The number of H-pyrrole nitrogens is 1. The highest BCUT2D eigenvalue weighted by atomic mass is 16.2. The van der Waals surface area contributed by atoms with E-state index < -0.39 is 17.4 Å². The summed E-state index contributed by atoms with van der Waals surface area (Å²) in [4.78, 5) is 34.7. The van der Waals surface area contributed by atoms with Crippen LogP contribution < -0.4 is 17.0 Å². The van der Waals surface area contributed by atoms with Crippen molar-refractivity contribution >= 4 is 11.8 Å². The van der Waals surface area contributed by atoms with Crippen molar-refractivity contribution in [1.29, 1.82) is 0 Å². The third-order valence-electron chi connectivity index (χ3n) is 1.72. The third kappa shape index (κ3) is 2.94. The monoisotopic (exact) mass is 208 g/mol. The molecule has 0 aliphatic carbocycles. The first-order valence-electron chi connectivity index (χ1n) is 4.15. The third-order valence-corrected chi connectivity index (χ3v) is 1.72. The van der Waals surface area contributed by atoms with Gasteiger partial charge in [0.15, 0.2) is 0 Å². The van der Waals surface area contributed by atoms with Gasteiger partial charge < -0.3 is 16.5 Å². The van der Waals surface area contributed by atoms with E-state index in [1.807, 2.05) is 0 Å². The minimum atomic E-state index is -0.761. The maximum Gasteiger partial charge on any atom is 0.265 e. The van der Waals surface area contributed by atoms with Crippen LogP contribution in [0.5, 0.6) is 0 Å². The molecule has 0 saturated carbocycles. The van der Waals surface area contributed by atoms with Crippen molar-refractivity contribution in [3.05, 3.63) is 40.2 Å². The second kappa shape index (κ2) is 4.41. The topological polar surface area (TPSA) is 119 Å². The number of aromatic nitrogens is 1. The predicted molar refractivity (Wildman–Crippen MR) is 52.8 cm³/mol. The van der Waals surface area contributed by atoms with E-state index in [0.717, 1.165) is 0 Å². The summed E-state index contributed by atoms with van der Waals surface area (Å²) >= 11 is 0. The smallest absolute Gasteiger partial charge is 0.265 e. The molecule has 6 heteroatoms. The van der Waals surface area contributed by atoms with Crippen molar-refractivity contribution in [3.8, 4) is 0 Å². The normalized spacial score (nSPS) is 9.87. The fourth-order valence-corrected chi connectivity index (χ4v) is 1.07. The number of pyridine rings is 1. The Balaban J connectivity index is 3.01. The average molecular weight is 208 g/mol. The number of primary amides is 2. The predicted octanol–water partition coefficient (Wildman–Crippen LogP) is -1.10. The zero-order valence-electron chi connectivity index (χ0n) is 7.82. The Kier molecular flexibility index (Phi) is 3.22. The minimum Gasteiger partial charge on any atom is -0.370 e. The van der Waals surface area contributed by atoms with E-state index in [2.05, 4.69) is 4.98 Å². The fraction of sp³-hybridized carbons (Fsp3) is 0.111. The molecule has 0 bridgehead atoms. The summed E-state index contributed by atoms with van der Waals surface area (Å²) < 4.78 is 0. The van der Waals surface area contributed by atoms with Crippen LogP contribution in [0.3, 0.4) is 0 Å². The lowest BCUT2D eigenvalue weighted by Gasteiger charge is -2.03. The lowest BCUT2D eigenvalue weighted by molar-refractivity contribution is -0.117. The average Bonchev–Trinajstić information content (AvgIpc) is 2.15. The number of nitrogens with two attached hydrogens (primary N) is 2. The summed E-state index contributed by atoms with van der Waals surface area (Å²) in [5.74, 6) is -1.29. The second-order valence-electron chi connectivity index (χ2n) is 2.89. The molecule has 0 spiro atoms. The first-order chi connectivity index (χ1) is 7.00. The fourth-order valence-electron chi connectivity index (χ4n) is 1.07. The van der Waals surface area contributed by atoms with Gasteiger partial charge in [-0.2, -0.15) is 0 Å². The second-order valence-corrected chi connectivity index (χ2v) is 2.89. The molecule has 1 heterocycles. The standard InChI is InChI=1S/C9H10N3O3/c10-6(13)3-1-5-2-4-7(14)12-8(5)9(11)15/h1-2,4H,3H2,(H2,10,13)(H2,11,15)(H,12,14). The van der Waals surface area contributed by atoms with Crippen LogP contribution in [-0.4, -0.2) is 16.8 Å². The van der Waals surface area contributed by atoms with E-state index in [1.165, 1.54) is 18.6 Å². The maximum atomic E-state index is 10.9. The summed E-state index contributed by atoms with van der Waals surface area (Å²) in [5, 5.41) is 0. The number of hydrogen-bond donors (Lipinski definition) is 3. The van der Waals surface area contributed by atoms with Gasteiger partial charge in [0.1, 0.15) is 5.69 Å². The van der Waals surface area contributed by atoms with Crippen LogP contribution in [0.25, 0.3) is 0 Å². The van der Waals surface area contributed by atoms with Gasteiger partial charge in [-0.25, -0.2) is 0 Å². The molecule has 0 unspecified atom stereocenters. The van der Waals surface area contributed by atoms with Gasteiger partial charge >= 0.3 is 0 Å². The molecule has 15 heavy (non-hydrogen) atoms. The van der Waals surface area contributed by atoms with Gasteiger partial charge in [0.2, 0.25) is 11.5 Å². The Hall–Kier alpha value is -2.11. The number of rotatable bonds is 4. The molecule has 0 atom stereocenters. The summed E-state index contributed by atoms with van der Waals surface area (Å²) in [6.45, 7) is 0. The lowest BCUT2D eigenvalue weighted by Crippen LogP contribution is -2.21. The molecule has 0 aromatic carbocycles. The summed E-state index contributed by atoms with van der Waals surface area (Å²) in [6, 6.07) is 2.64. The molecular weight excluding hydrogens is 198 g/mol. The number of hydrogen-bond acceptors (Lipinski definition) is 3. The van der Waals surface area contributed by atoms with Gasteiger partial charge in [-0.3, -0.25) is 14.4 Å². The van der Waals surface area contributed by atoms with Gasteiger partial charge in [-0.1, -0.05) is 6.07 Å². The molecule has 2 amide bonds. The molecule has 0 aliphatic heterocycles. The molecule has 6 nitrogen and oxygen atoms in total. The van der Waals surface area contributed by atoms with Crippen molar-refractivity contribution in [3.63, 3.8) is 0 Å². The molecule has 1 aromatic rings. The number of amides is 2. The van der Waals surface area contributed by atoms with Gasteiger partial charge in [0.25, 0.3) is 5.91 Å².